The zero-order valence-corrected chi connectivity index (χ0v) is 15.3. The van der Waals surface area contributed by atoms with E-state index in [9.17, 15) is 19.5 Å². The summed E-state index contributed by atoms with van der Waals surface area (Å²) in [7, 11) is 1.52. The fourth-order valence-corrected chi connectivity index (χ4v) is 3.17. The van der Waals surface area contributed by atoms with Gasteiger partial charge in [0.25, 0.3) is 0 Å². The van der Waals surface area contributed by atoms with Crippen molar-refractivity contribution in [3.05, 3.63) is 53.1 Å². The molecule has 1 aliphatic rings. The minimum absolute atomic E-state index is 0.132. The summed E-state index contributed by atoms with van der Waals surface area (Å²) in [6.07, 6.45) is 0.132. The highest BCUT2D eigenvalue weighted by Gasteiger charge is 2.41. The van der Waals surface area contributed by atoms with E-state index < -0.39 is 23.8 Å². The number of ether oxygens (including phenoxy) is 1. The van der Waals surface area contributed by atoms with Crippen molar-refractivity contribution in [2.45, 2.75) is 20.3 Å². The summed E-state index contributed by atoms with van der Waals surface area (Å²) < 4.78 is 5.08. The molecule has 3 rings (SSSR count). The SMILES string of the molecule is COc1ccc(N2C(=O)NC(=O)C(Cc3cc(C)c(O)c(C)c3)C2=O)cc1. The van der Waals surface area contributed by atoms with Gasteiger partial charge in [0.05, 0.1) is 12.8 Å². The first-order chi connectivity index (χ1) is 12.8. The lowest BCUT2D eigenvalue weighted by atomic mass is 9.93. The first-order valence-electron chi connectivity index (χ1n) is 8.43. The van der Waals surface area contributed by atoms with Gasteiger partial charge in [-0.25, -0.2) is 9.69 Å². The van der Waals surface area contributed by atoms with Gasteiger partial charge in [0, 0.05) is 0 Å². The molecule has 0 radical (unpaired) electrons. The molecule has 7 heteroatoms. The molecule has 2 N–H and O–H groups in total. The maximum Gasteiger partial charge on any atom is 0.335 e. The van der Waals surface area contributed by atoms with Gasteiger partial charge in [0.1, 0.15) is 17.4 Å². The third-order valence-corrected chi connectivity index (χ3v) is 4.59. The summed E-state index contributed by atoms with van der Waals surface area (Å²) in [5.74, 6) is -1.47. The van der Waals surface area contributed by atoms with Crippen LogP contribution in [0, 0.1) is 19.8 Å². The number of methoxy groups -OCH3 is 1. The van der Waals surface area contributed by atoms with Crippen molar-refractivity contribution in [3.8, 4) is 11.5 Å². The van der Waals surface area contributed by atoms with E-state index in [1.165, 1.54) is 7.11 Å². The lowest BCUT2D eigenvalue weighted by Crippen LogP contribution is -2.58. The van der Waals surface area contributed by atoms with E-state index in [0.717, 1.165) is 10.5 Å². The van der Waals surface area contributed by atoms with Crippen molar-refractivity contribution in [1.82, 2.24) is 5.32 Å². The van der Waals surface area contributed by atoms with Gasteiger partial charge in [0.2, 0.25) is 11.8 Å². The van der Waals surface area contributed by atoms with Gasteiger partial charge in [-0.2, -0.15) is 0 Å². The van der Waals surface area contributed by atoms with Crippen molar-refractivity contribution in [3.63, 3.8) is 0 Å². The van der Waals surface area contributed by atoms with Crippen LogP contribution in [0.15, 0.2) is 36.4 Å². The zero-order chi connectivity index (χ0) is 19.7. The Balaban J connectivity index is 1.90. The van der Waals surface area contributed by atoms with E-state index in [0.29, 0.717) is 22.6 Å². The number of hydrogen-bond donors (Lipinski definition) is 2. The maximum atomic E-state index is 12.9. The van der Waals surface area contributed by atoms with Gasteiger partial charge in [-0.1, -0.05) is 12.1 Å². The standard InChI is InChI=1S/C20H20N2O5/c1-11-8-13(9-12(2)17(11)23)10-16-18(24)21-20(26)22(19(16)25)14-4-6-15(27-3)7-5-14/h4-9,16,23H,10H2,1-3H3,(H,21,24,26). The number of hydrogen-bond acceptors (Lipinski definition) is 5. The van der Waals surface area contributed by atoms with Crippen LogP contribution in [0.2, 0.25) is 0 Å². The second-order valence-electron chi connectivity index (χ2n) is 6.50. The summed E-state index contributed by atoms with van der Waals surface area (Å²) in [6, 6.07) is 9.12. The molecule has 0 spiro atoms. The summed E-state index contributed by atoms with van der Waals surface area (Å²) >= 11 is 0. The van der Waals surface area contributed by atoms with Crippen molar-refractivity contribution in [1.29, 1.82) is 0 Å². The monoisotopic (exact) mass is 368 g/mol. The number of urea groups is 1. The highest BCUT2D eigenvalue weighted by Crippen LogP contribution is 2.28. The van der Waals surface area contributed by atoms with Gasteiger partial charge < -0.3 is 9.84 Å². The molecule has 2 aromatic rings. The van der Waals surface area contributed by atoms with E-state index in [2.05, 4.69) is 5.32 Å². The van der Waals surface area contributed by atoms with Crippen LogP contribution >= 0.6 is 0 Å². The molecule has 0 aromatic heterocycles. The van der Waals surface area contributed by atoms with Gasteiger partial charge in [-0.05, 0) is 61.2 Å². The quantitative estimate of drug-likeness (QED) is 0.808. The van der Waals surface area contributed by atoms with Crippen LogP contribution in [0.3, 0.4) is 0 Å². The second-order valence-corrected chi connectivity index (χ2v) is 6.50. The predicted octanol–water partition coefficient (Wildman–Crippen LogP) is 2.46. The van der Waals surface area contributed by atoms with E-state index in [-0.39, 0.29) is 12.2 Å². The minimum atomic E-state index is -1.03. The number of nitrogens with one attached hydrogen (secondary N) is 1. The molecule has 0 saturated carbocycles. The molecule has 4 amide bonds. The number of carbonyl (C=O) groups excluding carboxylic acids is 3. The van der Waals surface area contributed by atoms with Crippen LogP contribution in [-0.2, 0) is 16.0 Å². The van der Waals surface area contributed by atoms with Crippen LogP contribution in [0.5, 0.6) is 11.5 Å². The number of amides is 4. The van der Waals surface area contributed by atoms with E-state index in [1.54, 1.807) is 50.2 Å². The number of benzene rings is 2. The van der Waals surface area contributed by atoms with Crippen molar-refractivity contribution >= 4 is 23.5 Å². The summed E-state index contributed by atoms with van der Waals surface area (Å²) in [4.78, 5) is 38.4. The van der Waals surface area contributed by atoms with Crippen LogP contribution in [0.25, 0.3) is 0 Å². The van der Waals surface area contributed by atoms with Crippen molar-refractivity contribution in [2.24, 2.45) is 5.92 Å². The van der Waals surface area contributed by atoms with E-state index in [4.69, 9.17) is 4.74 Å². The Morgan fingerprint density at radius 3 is 2.22 bits per heavy atom. The van der Waals surface area contributed by atoms with Gasteiger partial charge in [-0.15, -0.1) is 0 Å². The highest BCUT2D eigenvalue weighted by molar-refractivity contribution is 6.27. The molecule has 140 valence electrons. The molecule has 2 aromatic carbocycles. The Kier molecular flexibility index (Phi) is 4.85. The average molecular weight is 368 g/mol. The lowest BCUT2D eigenvalue weighted by Gasteiger charge is -2.30. The van der Waals surface area contributed by atoms with Crippen LogP contribution in [-0.4, -0.2) is 30.1 Å². The number of rotatable bonds is 4. The number of carbonyl (C=O) groups is 3. The zero-order valence-electron chi connectivity index (χ0n) is 15.3. The molecule has 0 bridgehead atoms. The first-order valence-corrected chi connectivity index (χ1v) is 8.43. The Hall–Kier alpha value is -3.35. The molecule has 1 aliphatic heterocycles. The normalized spacial score (nSPS) is 17.1. The molecule has 1 unspecified atom stereocenters. The molecule has 1 atom stereocenters. The average Bonchev–Trinajstić information content (AvgIpc) is 2.63. The summed E-state index contributed by atoms with van der Waals surface area (Å²) in [6.45, 7) is 3.50. The molecule has 7 nitrogen and oxygen atoms in total. The largest absolute Gasteiger partial charge is 0.507 e. The third-order valence-electron chi connectivity index (χ3n) is 4.59. The molecule has 1 fully saturated rings. The fourth-order valence-electron chi connectivity index (χ4n) is 3.17. The number of barbiturate groups is 1. The molecule has 1 heterocycles. The highest BCUT2D eigenvalue weighted by atomic mass is 16.5. The van der Waals surface area contributed by atoms with E-state index in [1.807, 2.05) is 0 Å². The molecular weight excluding hydrogens is 348 g/mol. The van der Waals surface area contributed by atoms with Gasteiger partial charge >= 0.3 is 6.03 Å². The number of aryl methyl sites for hydroxylation is 2. The number of anilines is 1. The Morgan fingerprint density at radius 2 is 1.67 bits per heavy atom. The fraction of sp³-hybridized carbons (Fsp3) is 0.250. The second kappa shape index (κ2) is 7.11. The van der Waals surface area contributed by atoms with Gasteiger partial charge in [-0.3, -0.25) is 14.9 Å². The number of nitrogens with zero attached hydrogens (tertiary/aromatic N) is 1. The predicted molar refractivity (Wildman–Crippen MR) is 98.8 cm³/mol. The molecule has 27 heavy (non-hydrogen) atoms. The van der Waals surface area contributed by atoms with Crippen LogP contribution in [0.4, 0.5) is 10.5 Å². The molecular formula is C20H20N2O5. The third kappa shape index (κ3) is 3.48. The maximum absolute atomic E-state index is 12.9. The number of phenolic OH excluding ortho intramolecular Hbond substituents is 1. The topological polar surface area (TPSA) is 95.9 Å². The molecule has 1 saturated heterocycles. The van der Waals surface area contributed by atoms with Crippen molar-refractivity contribution in [2.75, 3.05) is 12.0 Å². The van der Waals surface area contributed by atoms with Gasteiger partial charge in [0.15, 0.2) is 0 Å². The number of imide groups is 2. The lowest BCUT2D eigenvalue weighted by molar-refractivity contribution is -0.134. The summed E-state index contributed by atoms with van der Waals surface area (Å²) in [5, 5.41) is 12.1. The minimum Gasteiger partial charge on any atom is -0.507 e. The Bertz CT molecular complexity index is 897. The number of phenols is 1. The smallest absolute Gasteiger partial charge is 0.335 e. The Morgan fingerprint density at radius 1 is 1.07 bits per heavy atom. The first kappa shape index (κ1) is 18.4. The molecule has 0 aliphatic carbocycles. The van der Waals surface area contributed by atoms with Crippen LogP contribution < -0.4 is 15.0 Å². The van der Waals surface area contributed by atoms with E-state index >= 15 is 0 Å². The van der Waals surface area contributed by atoms with Crippen molar-refractivity contribution < 1.29 is 24.2 Å². The number of aromatic hydroxyl groups is 1. The Labute approximate surface area is 156 Å². The summed E-state index contributed by atoms with van der Waals surface area (Å²) in [5.41, 5.74) is 2.42. The van der Waals surface area contributed by atoms with Crippen LogP contribution in [0.1, 0.15) is 16.7 Å².